The fourth-order valence-electron chi connectivity index (χ4n) is 11.6. The Morgan fingerprint density at radius 2 is 1.67 bits per heavy atom. The Labute approximate surface area is 366 Å². The maximum absolute atomic E-state index is 13.6. The van der Waals surface area contributed by atoms with E-state index in [9.17, 15) is 56.0 Å². The van der Waals surface area contributed by atoms with Crippen molar-refractivity contribution >= 4 is 23.5 Å². The van der Waals surface area contributed by atoms with Crippen LogP contribution in [0.3, 0.4) is 0 Å². The minimum atomic E-state index is -4.91. The van der Waals surface area contributed by atoms with Gasteiger partial charge in [0, 0.05) is 36.1 Å². The molecule has 9 nitrogen and oxygen atoms in total. The number of amides is 2. The van der Waals surface area contributed by atoms with Crippen molar-refractivity contribution in [1.29, 1.82) is 0 Å². The lowest BCUT2D eigenvalue weighted by Crippen LogP contribution is -2.59. The molecule has 4 fully saturated rings. The summed E-state index contributed by atoms with van der Waals surface area (Å²) in [6.07, 6.45) is 11.0. The SMILES string of the molecule is CCCCC[C@](C)(O)/C=C/[C@@H]1[C@@H](C/C=C\CCCC(=O)O)[C@@H](O)C[C@H]1O.C[C@]12C=CC(=O)N[C@@H]1CC[C@@H]1[C@@H]2CC[C@]2(C)[C@@H](C(=O)Nc3cc(C(F)(F)F)ccc3C(F)(F)F)CC[C@@H]12. The van der Waals surface area contributed by atoms with Gasteiger partial charge in [0.05, 0.1) is 34.6 Å². The molecule has 63 heavy (non-hydrogen) atoms. The Bertz CT molecular complexity index is 1860. The number of unbranched alkanes of at least 4 members (excludes halogenated alkanes) is 3. The lowest BCUT2D eigenvalue weighted by molar-refractivity contribution is -0.141. The molecule has 1 aliphatic heterocycles. The van der Waals surface area contributed by atoms with E-state index in [0.717, 1.165) is 44.9 Å². The molecule has 2 amide bonds. The van der Waals surface area contributed by atoms with Crippen molar-refractivity contribution in [1.82, 2.24) is 5.32 Å². The number of aliphatic carboxylic acids is 1. The van der Waals surface area contributed by atoms with Crippen LogP contribution >= 0.6 is 0 Å². The summed E-state index contributed by atoms with van der Waals surface area (Å²) < 4.78 is 80.4. The number of hydrogen-bond acceptors (Lipinski definition) is 6. The molecule has 0 bridgehead atoms. The van der Waals surface area contributed by atoms with Crippen molar-refractivity contribution in [2.75, 3.05) is 5.32 Å². The number of aliphatic hydroxyl groups excluding tert-OH is 2. The number of fused-ring (bicyclic) bond motifs is 5. The fraction of sp³-hybridized carbons (Fsp3) is 0.688. The zero-order valence-corrected chi connectivity index (χ0v) is 36.8. The molecule has 0 spiro atoms. The van der Waals surface area contributed by atoms with Crippen LogP contribution in [0.5, 0.6) is 0 Å². The van der Waals surface area contributed by atoms with Crippen molar-refractivity contribution in [3.8, 4) is 0 Å². The van der Waals surface area contributed by atoms with Crippen LogP contribution in [0.2, 0.25) is 0 Å². The van der Waals surface area contributed by atoms with E-state index < -0.39 is 70.2 Å². The molecule has 0 aromatic heterocycles. The monoisotopic (exact) mass is 896 g/mol. The first-order chi connectivity index (χ1) is 29.4. The van der Waals surface area contributed by atoms with Gasteiger partial charge in [0.25, 0.3) is 0 Å². The molecule has 6 N–H and O–H groups in total. The number of hydrogen-bond donors (Lipinski definition) is 6. The minimum absolute atomic E-state index is 0.0535. The Hall–Kier alpha value is -3.69. The number of carbonyl (C=O) groups excluding carboxylic acids is 2. The van der Waals surface area contributed by atoms with Crippen LogP contribution in [-0.2, 0) is 26.7 Å². The largest absolute Gasteiger partial charge is 0.481 e. The molecule has 4 saturated carbocycles. The van der Waals surface area contributed by atoms with E-state index in [1.165, 1.54) is 0 Å². The molecule has 0 unspecified atom stereocenters. The summed E-state index contributed by atoms with van der Waals surface area (Å²) in [4.78, 5) is 35.8. The molecule has 6 rings (SSSR count). The zero-order chi connectivity index (χ0) is 46.5. The van der Waals surface area contributed by atoms with Crippen molar-refractivity contribution in [2.24, 2.45) is 46.3 Å². The summed E-state index contributed by atoms with van der Waals surface area (Å²) in [5.41, 5.74) is -4.95. The number of carboxylic acids is 1. The molecule has 1 aromatic rings. The molecule has 0 saturated heterocycles. The van der Waals surface area contributed by atoms with Crippen LogP contribution in [0.1, 0.15) is 135 Å². The average molecular weight is 897 g/mol. The number of alkyl halides is 6. The Morgan fingerprint density at radius 1 is 0.937 bits per heavy atom. The molecule has 1 heterocycles. The third-order valence-electron chi connectivity index (χ3n) is 15.1. The smallest absolute Gasteiger partial charge is 0.418 e. The number of nitrogens with one attached hydrogen (secondary N) is 2. The number of anilines is 1. The van der Waals surface area contributed by atoms with E-state index in [2.05, 4.69) is 24.5 Å². The summed E-state index contributed by atoms with van der Waals surface area (Å²) in [6, 6.07) is 1.18. The van der Waals surface area contributed by atoms with Gasteiger partial charge in [0.15, 0.2) is 0 Å². The zero-order valence-electron chi connectivity index (χ0n) is 36.8. The molecule has 4 aliphatic carbocycles. The first kappa shape index (κ1) is 50.3. The van der Waals surface area contributed by atoms with Gasteiger partial charge in [0.2, 0.25) is 11.8 Å². The molecule has 5 aliphatic rings. The van der Waals surface area contributed by atoms with Gasteiger partial charge >= 0.3 is 18.3 Å². The van der Waals surface area contributed by atoms with Crippen molar-refractivity contribution in [3.05, 3.63) is 65.8 Å². The van der Waals surface area contributed by atoms with E-state index in [4.69, 9.17) is 5.11 Å². The van der Waals surface area contributed by atoms with Crippen LogP contribution < -0.4 is 10.6 Å². The molecule has 0 radical (unpaired) electrons. The minimum Gasteiger partial charge on any atom is -0.481 e. The third kappa shape index (κ3) is 12.0. The van der Waals surface area contributed by atoms with Gasteiger partial charge in [0.1, 0.15) is 0 Å². The second-order valence-electron chi connectivity index (χ2n) is 19.4. The summed E-state index contributed by atoms with van der Waals surface area (Å²) in [5, 5.41) is 44.9. The maximum Gasteiger partial charge on any atom is 0.418 e. The van der Waals surface area contributed by atoms with Gasteiger partial charge in [-0.3, -0.25) is 14.4 Å². The van der Waals surface area contributed by atoms with E-state index in [1.54, 1.807) is 19.1 Å². The highest BCUT2D eigenvalue weighted by Crippen LogP contribution is 2.65. The predicted molar refractivity (Wildman–Crippen MR) is 227 cm³/mol. The topological polar surface area (TPSA) is 156 Å². The molecular formula is C48H66F6N2O7. The van der Waals surface area contributed by atoms with Crippen LogP contribution in [0.4, 0.5) is 32.0 Å². The van der Waals surface area contributed by atoms with E-state index in [0.29, 0.717) is 75.0 Å². The lowest BCUT2D eigenvalue weighted by atomic mass is 9.48. The van der Waals surface area contributed by atoms with Gasteiger partial charge in [-0.05, 0) is 124 Å². The molecular weight excluding hydrogens is 831 g/mol. The highest BCUT2D eigenvalue weighted by molar-refractivity contribution is 5.94. The number of carboxylic acid groups (broad SMARTS) is 1. The summed E-state index contributed by atoms with van der Waals surface area (Å²) in [7, 11) is 0. The van der Waals surface area contributed by atoms with E-state index >= 15 is 0 Å². The lowest BCUT2D eigenvalue weighted by Gasteiger charge is -2.58. The van der Waals surface area contributed by atoms with Gasteiger partial charge in [-0.25, -0.2) is 0 Å². The van der Waals surface area contributed by atoms with Crippen molar-refractivity contribution < 1.29 is 61.2 Å². The number of carbonyl (C=O) groups is 3. The Balaban J connectivity index is 0.000000255. The number of allylic oxidation sites excluding steroid dienone is 2. The Morgan fingerprint density at radius 3 is 2.33 bits per heavy atom. The molecule has 352 valence electrons. The van der Waals surface area contributed by atoms with Gasteiger partial charge in [-0.1, -0.05) is 70.4 Å². The highest BCUT2D eigenvalue weighted by atomic mass is 19.4. The predicted octanol–water partition coefficient (Wildman–Crippen LogP) is 10.0. The first-order valence-corrected chi connectivity index (χ1v) is 22.6. The van der Waals surface area contributed by atoms with Crippen molar-refractivity contribution in [3.63, 3.8) is 0 Å². The van der Waals surface area contributed by atoms with Crippen molar-refractivity contribution in [2.45, 2.75) is 160 Å². The van der Waals surface area contributed by atoms with Gasteiger partial charge in [-0.2, -0.15) is 26.3 Å². The number of aliphatic hydroxyl groups is 3. The number of rotatable bonds is 14. The van der Waals surface area contributed by atoms with Crippen LogP contribution in [0, 0.1) is 46.3 Å². The summed E-state index contributed by atoms with van der Waals surface area (Å²) in [6.45, 7) is 8.09. The molecule has 15 heteroatoms. The van der Waals surface area contributed by atoms with E-state index in [-0.39, 0.29) is 41.5 Å². The quantitative estimate of drug-likeness (QED) is 0.0617. The maximum atomic E-state index is 13.6. The average Bonchev–Trinajstić information content (AvgIpc) is 3.68. The highest BCUT2D eigenvalue weighted by Gasteiger charge is 2.61. The Kier molecular flexibility index (Phi) is 16.2. The van der Waals surface area contributed by atoms with Gasteiger partial charge < -0.3 is 31.1 Å². The number of benzene rings is 1. The summed E-state index contributed by atoms with van der Waals surface area (Å²) >= 11 is 0. The standard InChI is InChI=1S/C27H30F6N2O2.C21H36O5/c1-24-11-9-17-15(4-8-21-25(17,2)12-10-22(36)35-21)16(24)6-7-19(24)23(37)34-20-13-14(26(28,29)30)3-5-18(20)27(31,32)33;1-3-4-9-13-21(2,26)14-12-17-16(18(22)15-19(17)23)10-7-5-6-8-11-20(24)25/h3,5,10,12-13,15-17,19,21H,4,6-9,11H2,1-2H3,(H,34,37)(H,35,36);5,7,12,14,16-19,22-23,26H,3-4,6,8-11,13,15H2,1-2H3,(H,24,25)/b;7-5-,14-12+/t15-,16-,17-,19+,21+,24-,25+;16-,17-,18+,19-,21+/m01/s1. The molecule has 12 atom stereocenters. The second kappa shape index (κ2) is 20.2. The van der Waals surface area contributed by atoms with Gasteiger partial charge in [-0.15, -0.1) is 0 Å². The second-order valence-corrected chi connectivity index (χ2v) is 19.4. The van der Waals surface area contributed by atoms with Crippen LogP contribution in [0.25, 0.3) is 0 Å². The number of halogens is 6. The fourth-order valence-corrected chi connectivity index (χ4v) is 11.6. The third-order valence-corrected chi connectivity index (χ3v) is 15.1. The molecule has 1 aromatic carbocycles. The first-order valence-electron chi connectivity index (χ1n) is 22.6. The van der Waals surface area contributed by atoms with Crippen LogP contribution in [-0.4, -0.2) is 62.1 Å². The summed E-state index contributed by atoms with van der Waals surface area (Å²) in [5.74, 6) is -1.60. The normalized spacial score (nSPS) is 33.8. The van der Waals surface area contributed by atoms with E-state index in [1.807, 2.05) is 31.2 Å². The van der Waals surface area contributed by atoms with Crippen LogP contribution in [0.15, 0.2) is 54.7 Å².